The molecule has 3 aliphatic heterocycles. The Kier molecular flexibility index (Phi) is 4.44. The van der Waals surface area contributed by atoms with E-state index in [9.17, 15) is 9.18 Å². The Hall–Kier alpha value is -2.96. The van der Waals surface area contributed by atoms with E-state index in [1.165, 1.54) is 6.07 Å². The van der Waals surface area contributed by atoms with Gasteiger partial charge in [0.25, 0.3) is 0 Å². The molecule has 1 aromatic carbocycles. The molecule has 31 heavy (non-hydrogen) atoms. The number of carbonyl (C=O) groups is 1. The molecule has 4 atom stereocenters. The Morgan fingerprint density at radius 1 is 1.16 bits per heavy atom. The molecule has 0 aliphatic carbocycles. The number of piperidine rings is 3. The Labute approximate surface area is 180 Å². The van der Waals surface area contributed by atoms with Gasteiger partial charge >= 0.3 is 0 Å². The second-order valence-electron chi connectivity index (χ2n) is 9.26. The third kappa shape index (κ3) is 3.18. The van der Waals surface area contributed by atoms with Crippen molar-refractivity contribution in [2.45, 2.75) is 44.2 Å². The molecule has 7 heteroatoms. The highest BCUT2D eigenvalue weighted by Gasteiger charge is 2.49. The lowest BCUT2D eigenvalue weighted by Crippen LogP contribution is -2.65. The number of aromatic nitrogens is 3. The number of hydrogen-bond acceptors (Lipinski definition) is 4. The fourth-order valence-corrected chi connectivity index (χ4v) is 6.23. The lowest BCUT2D eigenvalue weighted by atomic mass is 9.70. The van der Waals surface area contributed by atoms with Gasteiger partial charge in [0.2, 0.25) is 5.91 Å². The van der Waals surface area contributed by atoms with E-state index in [-0.39, 0.29) is 23.8 Å². The van der Waals surface area contributed by atoms with Gasteiger partial charge in [-0.25, -0.2) is 14.4 Å². The molecule has 160 valence electrons. The van der Waals surface area contributed by atoms with Crippen LogP contribution in [-0.2, 0) is 11.2 Å². The second kappa shape index (κ2) is 7.32. The van der Waals surface area contributed by atoms with Crippen LogP contribution in [0.4, 0.5) is 10.2 Å². The molecule has 0 unspecified atom stereocenters. The van der Waals surface area contributed by atoms with Crippen LogP contribution in [0, 0.1) is 17.7 Å². The highest BCUT2D eigenvalue weighted by molar-refractivity contribution is 5.87. The number of benzene rings is 1. The first kappa shape index (κ1) is 18.8. The number of rotatable bonds is 3. The monoisotopic (exact) mass is 419 g/mol. The zero-order chi connectivity index (χ0) is 20.9. The lowest BCUT2D eigenvalue weighted by molar-refractivity contribution is -0.148. The van der Waals surface area contributed by atoms with E-state index in [0.717, 1.165) is 54.8 Å². The van der Waals surface area contributed by atoms with Crippen molar-refractivity contribution in [3.8, 4) is 0 Å². The zero-order valence-electron chi connectivity index (χ0n) is 17.4. The molecule has 6 rings (SSSR count). The van der Waals surface area contributed by atoms with Gasteiger partial charge in [-0.3, -0.25) is 4.79 Å². The quantitative estimate of drug-likeness (QED) is 0.705. The van der Waals surface area contributed by atoms with E-state index in [4.69, 9.17) is 0 Å². The van der Waals surface area contributed by atoms with Crippen LogP contribution in [0.5, 0.6) is 0 Å². The summed E-state index contributed by atoms with van der Waals surface area (Å²) in [4.78, 5) is 29.8. The van der Waals surface area contributed by atoms with Gasteiger partial charge in [0.05, 0.1) is 5.39 Å². The van der Waals surface area contributed by atoms with Crippen LogP contribution in [0.15, 0.2) is 42.9 Å². The summed E-state index contributed by atoms with van der Waals surface area (Å²) in [6.07, 6.45) is 8.00. The van der Waals surface area contributed by atoms with Crippen molar-refractivity contribution in [3.05, 3.63) is 54.2 Å². The molecule has 0 radical (unpaired) electrons. The number of aromatic amines is 1. The molecule has 2 aromatic heterocycles. The summed E-state index contributed by atoms with van der Waals surface area (Å²) in [6.45, 7) is 1.76. The number of nitrogens with one attached hydrogen (secondary N) is 1. The van der Waals surface area contributed by atoms with E-state index < -0.39 is 0 Å². The first-order chi connectivity index (χ1) is 15.2. The summed E-state index contributed by atoms with van der Waals surface area (Å²) in [5.41, 5.74) is 1.82. The average molecular weight is 420 g/mol. The molecule has 1 amide bonds. The third-order valence-corrected chi connectivity index (χ3v) is 7.46. The van der Waals surface area contributed by atoms with Gasteiger partial charge in [0, 0.05) is 37.8 Å². The number of halogens is 1. The first-order valence-corrected chi connectivity index (χ1v) is 11.3. The SMILES string of the molecule is O=C1CCC[C@H]2[C@@H]3C[C@@H](CN(c4ncnc5[nH]ccc45)C3)[C@H](Cc3cccc(F)c3)N12. The molecular weight excluding hydrogens is 393 g/mol. The third-order valence-electron chi connectivity index (χ3n) is 7.46. The molecule has 3 saturated heterocycles. The lowest BCUT2D eigenvalue weighted by Gasteiger charge is -2.57. The highest BCUT2D eigenvalue weighted by Crippen LogP contribution is 2.43. The molecule has 3 fully saturated rings. The van der Waals surface area contributed by atoms with Crippen LogP contribution in [0.25, 0.3) is 11.0 Å². The summed E-state index contributed by atoms with van der Waals surface area (Å²) in [5, 5.41) is 1.04. The molecule has 5 heterocycles. The molecule has 2 bridgehead atoms. The van der Waals surface area contributed by atoms with Crippen molar-refractivity contribution in [1.29, 1.82) is 0 Å². The molecule has 0 saturated carbocycles. The van der Waals surface area contributed by atoms with Crippen LogP contribution < -0.4 is 4.90 Å². The van der Waals surface area contributed by atoms with Gasteiger partial charge in [-0.2, -0.15) is 0 Å². The van der Waals surface area contributed by atoms with E-state index >= 15 is 0 Å². The van der Waals surface area contributed by atoms with Crippen LogP contribution in [0.3, 0.4) is 0 Å². The predicted octanol–water partition coefficient (Wildman–Crippen LogP) is 3.55. The van der Waals surface area contributed by atoms with Gasteiger partial charge in [-0.05, 0) is 61.3 Å². The normalized spacial score (nSPS) is 28.1. The van der Waals surface area contributed by atoms with Crippen molar-refractivity contribution in [2.75, 3.05) is 18.0 Å². The summed E-state index contributed by atoms with van der Waals surface area (Å²) in [7, 11) is 0. The van der Waals surface area contributed by atoms with E-state index in [0.29, 0.717) is 24.7 Å². The van der Waals surface area contributed by atoms with Crippen LogP contribution in [-0.4, -0.2) is 50.9 Å². The van der Waals surface area contributed by atoms with Crippen molar-refractivity contribution < 1.29 is 9.18 Å². The van der Waals surface area contributed by atoms with Gasteiger partial charge in [-0.1, -0.05) is 12.1 Å². The number of amides is 1. The summed E-state index contributed by atoms with van der Waals surface area (Å²) < 4.78 is 13.9. The van der Waals surface area contributed by atoms with E-state index in [1.807, 2.05) is 18.3 Å². The van der Waals surface area contributed by atoms with Gasteiger partial charge in [0.1, 0.15) is 23.6 Å². The van der Waals surface area contributed by atoms with Crippen molar-refractivity contribution >= 4 is 22.8 Å². The summed E-state index contributed by atoms with van der Waals surface area (Å²) in [6, 6.07) is 9.24. The first-order valence-electron chi connectivity index (χ1n) is 11.3. The highest BCUT2D eigenvalue weighted by atomic mass is 19.1. The Balaban J connectivity index is 1.37. The molecule has 3 aliphatic rings. The molecule has 0 spiro atoms. The average Bonchev–Trinajstić information content (AvgIpc) is 3.26. The van der Waals surface area contributed by atoms with Crippen molar-refractivity contribution in [2.24, 2.45) is 11.8 Å². The predicted molar refractivity (Wildman–Crippen MR) is 116 cm³/mol. The minimum absolute atomic E-state index is 0.0993. The second-order valence-corrected chi connectivity index (χ2v) is 9.26. The van der Waals surface area contributed by atoms with Crippen LogP contribution in [0.2, 0.25) is 0 Å². The number of fused-ring (bicyclic) bond motifs is 5. The van der Waals surface area contributed by atoms with Crippen molar-refractivity contribution in [3.63, 3.8) is 0 Å². The maximum atomic E-state index is 13.9. The van der Waals surface area contributed by atoms with Gasteiger partial charge in [0.15, 0.2) is 0 Å². The Bertz CT molecular complexity index is 1130. The van der Waals surface area contributed by atoms with Gasteiger partial charge in [-0.15, -0.1) is 0 Å². The minimum atomic E-state index is -0.214. The standard InChI is InChI=1S/C24H26FN5O/c25-18-4-1-3-15(9-18)10-21-17-11-16(20-5-2-6-22(31)30(20)21)12-29(13-17)24-19-7-8-26-23(19)27-14-28-24/h1,3-4,7-9,14,16-17,20-21H,2,5-6,10-13H2,(H,26,27,28)/t16-,17+,20+,21+/m1/s1. The Morgan fingerprint density at radius 3 is 2.97 bits per heavy atom. The van der Waals surface area contributed by atoms with Gasteiger partial charge < -0.3 is 14.8 Å². The van der Waals surface area contributed by atoms with Crippen LogP contribution in [0.1, 0.15) is 31.2 Å². The molecular formula is C24H26FN5O. The number of H-pyrrole nitrogens is 1. The summed E-state index contributed by atoms with van der Waals surface area (Å²) in [5.74, 6) is 1.81. The topological polar surface area (TPSA) is 65.1 Å². The Morgan fingerprint density at radius 2 is 2.06 bits per heavy atom. The minimum Gasteiger partial charge on any atom is -0.355 e. The van der Waals surface area contributed by atoms with Crippen LogP contribution >= 0.6 is 0 Å². The zero-order valence-corrected chi connectivity index (χ0v) is 17.4. The fourth-order valence-electron chi connectivity index (χ4n) is 6.23. The fraction of sp³-hybridized carbons (Fsp3) is 0.458. The maximum absolute atomic E-state index is 13.9. The van der Waals surface area contributed by atoms with E-state index in [1.54, 1.807) is 18.5 Å². The summed E-state index contributed by atoms with van der Waals surface area (Å²) >= 11 is 0. The number of anilines is 1. The largest absolute Gasteiger partial charge is 0.355 e. The molecule has 1 N–H and O–H groups in total. The number of carbonyl (C=O) groups excluding carboxylic acids is 1. The molecule has 3 aromatic rings. The smallest absolute Gasteiger partial charge is 0.223 e. The van der Waals surface area contributed by atoms with E-state index in [2.05, 4.69) is 24.8 Å². The number of hydrogen-bond donors (Lipinski definition) is 1. The number of nitrogens with zero attached hydrogens (tertiary/aromatic N) is 4. The van der Waals surface area contributed by atoms with Crippen molar-refractivity contribution in [1.82, 2.24) is 19.9 Å². The molecule has 6 nitrogen and oxygen atoms in total. The maximum Gasteiger partial charge on any atom is 0.223 e.